The molecular weight excluding hydrogens is 573 g/mol. The Morgan fingerprint density at radius 3 is 2.16 bits per heavy atom. The fourth-order valence-corrected chi connectivity index (χ4v) is 4.72. The van der Waals surface area contributed by atoms with Crippen molar-refractivity contribution in [3.05, 3.63) is 53.0 Å². The summed E-state index contributed by atoms with van der Waals surface area (Å²) in [5.41, 5.74) is 5.61. The van der Waals surface area contributed by atoms with Crippen molar-refractivity contribution in [1.82, 2.24) is 15.0 Å². The Balaban J connectivity index is 1.79. The molecule has 3 aromatic carbocycles. The van der Waals surface area contributed by atoms with Crippen LogP contribution in [0.1, 0.15) is 0 Å². The zero-order valence-corrected chi connectivity index (χ0v) is 21.0. The second kappa shape index (κ2) is 9.66. The average Bonchev–Trinajstić information content (AvgIpc) is 2.77. The lowest BCUT2D eigenvalue weighted by atomic mass is 10.1. The number of anilines is 3. The normalized spacial score (nSPS) is 12.3. The smallest absolute Gasteiger partial charge is 0.296 e. The molecule has 18 heteroatoms. The molecule has 192 valence electrons. The summed E-state index contributed by atoms with van der Waals surface area (Å²) in [4.78, 5) is 9.94. The summed E-state index contributed by atoms with van der Waals surface area (Å²) in [5.74, 6) is -0.695. The minimum atomic E-state index is -4.83. The number of rotatable bonds is 6. The summed E-state index contributed by atoms with van der Waals surface area (Å²) in [6.45, 7) is 0. The van der Waals surface area contributed by atoms with Gasteiger partial charge in [-0.15, -0.1) is 10.2 Å². The van der Waals surface area contributed by atoms with E-state index in [1.165, 1.54) is 24.3 Å². The molecule has 0 saturated carbocycles. The van der Waals surface area contributed by atoms with E-state index in [2.05, 4.69) is 30.5 Å². The molecule has 14 nitrogen and oxygen atoms in total. The molecule has 1 aromatic heterocycles. The van der Waals surface area contributed by atoms with Crippen molar-refractivity contribution >= 4 is 82.9 Å². The predicted octanol–water partition coefficient (Wildman–Crippen LogP) is 4.27. The number of nitrogens with zero attached hydrogens (tertiary/aromatic N) is 5. The summed E-state index contributed by atoms with van der Waals surface area (Å²) in [6.07, 6.45) is 0. The van der Waals surface area contributed by atoms with Crippen LogP contribution in [0.3, 0.4) is 0 Å². The lowest BCUT2D eigenvalue weighted by Crippen LogP contribution is -2.02. The van der Waals surface area contributed by atoms with Gasteiger partial charge in [-0.25, -0.2) is 0 Å². The number of azo groups is 1. The largest absolute Gasteiger partial charge is 0.507 e. The standard InChI is InChI=1S/C19H13Cl2N7O7S2/c20-17-24-18(21)26-19(25-17)23-9-2-4-12(14(6-9)37(33,34)35)27-28-16-11(22)3-1-8-5-10(36(30,31)32)7-13(29)15(8)16/h1-7,29H,22H2,(H,30,31,32)(H,33,34,35)(H,23,24,25,26)/b28-27+. The molecule has 4 aromatic rings. The number of hydrogen-bond donors (Lipinski definition) is 5. The second-order valence-electron chi connectivity index (χ2n) is 7.20. The number of hydrogen-bond acceptors (Lipinski definition) is 12. The molecule has 0 aliphatic carbocycles. The van der Waals surface area contributed by atoms with E-state index in [9.17, 15) is 31.0 Å². The van der Waals surface area contributed by atoms with E-state index >= 15 is 0 Å². The van der Waals surface area contributed by atoms with Crippen molar-refractivity contribution in [2.75, 3.05) is 11.1 Å². The number of halogens is 2. The van der Waals surface area contributed by atoms with Gasteiger partial charge in [0.1, 0.15) is 22.0 Å². The van der Waals surface area contributed by atoms with Crippen LogP contribution in [-0.4, -0.2) is 46.0 Å². The molecule has 1 heterocycles. The van der Waals surface area contributed by atoms with Gasteiger partial charge < -0.3 is 16.2 Å². The Bertz CT molecular complexity index is 1800. The van der Waals surface area contributed by atoms with Crippen molar-refractivity contribution in [3.63, 3.8) is 0 Å². The van der Waals surface area contributed by atoms with Crippen molar-refractivity contribution < 1.29 is 31.0 Å². The zero-order valence-electron chi connectivity index (χ0n) is 17.9. The Kier molecular flexibility index (Phi) is 6.89. The van der Waals surface area contributed by atoms with E-state index in [1.807, 2.05) is 0 Å². The lowest BCUT2D eigenvalue weighted by molar-refractivity contribution is 0.471. The van der Waals surface area contributed by atoms with Gasteiger partial charge >= 0.3 is 0 Å². The first kappa shape index (κ1) is 26.4. The van der Waals surface area contributed by atoms with E-state index in [-0.39, 0.29) is 50.0 Å². The van der Waals surface area contributed by atoms with Gasteiger partial charge in [-0.1, -0.05) is 6.07 Å². The van der Waals surface area contributed by atoms with E-state index in [4.69, 9.17) is 28.9 Å². The van der Waals surface area contributed by atoms with Gasteiger partial charge in [-0.2, -0.15) is 31.8 Å². The first-order chi connectivity index (χ1) is 17.2. The molecule has 0 spiro atoms. The van der Waals surface area contributed by atoms with Crippen molar-refractivity contribution in [2.45, 2.75) is 9.79 Å². The highest BCUT2D eigenvalue weighted by Crippen LogP contribution is 2.41. The lowest BCUT2D eigenvalue weighted by Gasteiger charge is -2.10. The molecule has 0 amide bonds. The third-order valence-electron chi connectivity index (χ3n) is 4.70. The molecule has 0 bridgehead atoms. The summed E-state index contributed by atoms with van der Waals surface area (Å²) in [7, 11) is -9.45. The number of nitrogens with one attached hydrogen (secondary N) is 1. The van der Waals surface area contributed by atoms with Crippen LogP contribution in [0.5, 0.6) is 5.75 Å². The highest BCUT2D eigenvalue weighted by atomic mass is 35.5. The van der Waals surface area contributed by atoms with Crippen molar-refractivity contribution in [2.24, 2.45) is 10.2 Å². The van der Waals surface area contributed by atoms with E-state index in [1.54, 1.807) is 0 Å². The molecule has 0 radical (unpaired) electrons. The second-order valence-corrected chi connectivity index (χ2v) is 10.7. The summed E-state index contributed by atoms with van der Waals surface area (Å²) in [6, 6.07) is 8.14. The maximum atomic E-state index is 12.0. The number of phenolic OH excluding ortho intramolecular Hbond substituents is 1. The summed E-state index contributed by atoms with van der Waals surface area (Å²) in [5, 5.41) is 20.5. The van der Waals surface area contributed by atoms with Crippen molar-refractivity contribution in [3.8, 4) is 5.75 Å². The Morgan fingerprint density at radius 2 is 1.54 bits per heavy atom. The number of phenols is 1. The number of nitrogen functional groups attached to an aromatic ring is 1. The molecule has 0 aliphatic rings. The van der Waals surface area contributed by atoms with Gasteiger partial charge in [-0.05, 0) is 58.9 Å². The Hall–Kier alpha value is -3.67. The fourth-order valence-electron chi connectivity index (χ4n) is 3.17. The van der Waals surface area contributed by atoms with E-state index in [0.29, 0.717) is 0 Å². The Labute approximate surface area is 218 Å². The van der Waals surface area contributed by atoms with Crippen LogP contribution in [0, 0.1) is 0 Å². The third-order valence-corrected chi connectivity index (χ3v) is 6.76. The zero-order chi connectivity index (χ0) is 27.1. The maximum Gasteiger partial charge on any atom is 0.296 e. The molecule has 0 unspecified atom stereocenters. The number of aromatic hydroxyl groups is 1. The molecule has 6 N–H and O–H groups in total. The first-order valence-corrected chi connectivity index (χ1v) is 13.3. The molecule has 0 aliphatic heterocycles. The third kappa shape index (κ3) is 5.85. The van der Waals surface area contributed by atoms with Crippen molar-refractivity contribution in [1.29, 1.82) is 0 Å². The highest BCUT2D eigenvalue weighted by molar-refractivity contribution is 7.86. The summed E-state index contributed by atoms with van der Waals surface area (Å²) < 4.78 is 66.0. The van der Waals surface area contributed by atoms with Crippen LogP contribution in [0.25, 0.3) is 10.8 Å². The number of nitrogens with two attached hydrogens (primary N) is 1. The van der Waals surface area contributed by atoms with Crippen LogP contribution in [0.15, 0.2) is 62.5 Å². The van der Waals surface area contributed by atoms with E-state index < -0.39 is 35.8 Å². The van der Waals surface area contributed by atoms with Gasteiger partial charge in [-0.3, -0.25) is 9.11 Å². The van der Waals surface area contributed by atoms with Gasteiger partial charge in [0.2, 0.25) is 16.5 Å². The minimum absolute atomic E-state index is 0.00133. The molecule has 0 fully saturated rings. The molecule has 37 heavy (non-hydrogen) atoms. The van der Waals surface area contributed by atoms with Gasteiger partial charge in [0.05, 0.1) is 16.0 Å². The predicted molar refractivity (Wildman–Crippen MR) is 133 cm³/mol. The number of fused-ring (bicyclic) bond motifs is 1. The Morgan fingerprint density at radius 1 is 0.865 bits per heavy atom. The summed E-state index contributed by atoms with van der Waals surface area (Å²) >= 11 is 11.4. The fraction of sp³-hybridized carbons (Fsp3) is 0. The van der Waals surface area contributed by atoms with E-state index in [0.717, 1.165) is 18.2 Å². The van der Waals surface area contributed by atoms with Gasteiger partial charge in [0.15, 0.2) is 0 Å². The highest BCUT2D eigenvalue weighted by Gasteiger charge is 2.19. The SMILES string of the molecule is Nc1ccc2cc(S(=O)(=O)O)cc(O)c2c1/N=N/c1ccc(Nc2nc(Cl)nc(Cl)n2)cc1S(=O)(=O)O. The van der Waals surface area contributed by atoms with Crippen LogP contribution >= 0.6 is 23.2 Å². The quantitative estimate of drug-likeness (QED) is 0.121. The topological polar surface area (TPSA) is 230 Å². The van der Waals surface area contributed by atoms with Crippen LogP contribution in [0.2, 0.25) is 10.6 Å². The van der Waals surface area contributed by atoms with Crippen LogP contribution < -0.4 is 11.1 Å². The number of aromatic nitrogens is 3. The van der Waals surface area contributed by atoms with Gasteiger partial charge in [0.25, 0.3) is 20.2 Å². The molecular formula is C19H13Cl2N7O7S2. The minimum Gasteiger partial charge on any atom is -0.507 e. The first-order valence-electron chi connectivity index (χ1n) is 9.62. The average molecular weight is 586 g/mol. The van der Waals surface area contributed by atoms with Crippen LogP contribution in [0.4, 0.5) is 28.7 Å². The number of benzene rings is 3. The van der Waals surface area contributed by atoms with Crippen LogP contribution in [-0.2, 0) is 20.2 Å². The monoisotopic (exact) mass is 585 g/mol. The molecule has 4 rings (SSSR count). The molecule has 0 saturated heterocycles. The maximum absolute atomic E-state index is 12.0. The molecule has 0 atom stereocenters. The van der Waals surface area contributed by atoms with Gasteiger partial charge in [0, 0.05) is 11.8 Å².